The molecule has 0 aliphatic rings. The van der Waals surface area contributed by atoms with Crippen molar-refractivity contribution in [2.75, 3.05) is 4.90 Å². The molecule has 4 aromatic carbocycles. The molecule has 0 radical (unpaired) electrons. The second-order valence-corrected chi connectivity index (χ2v) is 6.24. The van der Waals surface area contributed by atoms with Gasteiger partial charge in [0.2, 0.25) is 0 Å². The molecule has 4 aromatic rings. The lowest BCUT2D eigenvalue weighted by Crippen LogP contribution is -2.09. The topological polar surface area (TPSA) is 3.24 Å². The van der Waals surface area contributed by atoms with Crippen molar-refractivity contribution < 1.29 is 6.85 Å². The molecule has 4 rings (SSSR count). The maximum Gasteiger partial charge on any atom is 0.0645 e. The Morgan fingerprint density at radius 3 is 2.17 bits per heavy atom. The highest BCUT2D eigenvalue weighted by Crippen LogP contribution is 2.35. The van der Waals surface area contributed by atoms with E-state index >= 15 is 0 Å². The van der Waals surface area contributed by atoms with E-state index in [4.69, 9.17) is 6.85 Å². The van der Waals surface area contributed by atoms with Gasteiger partial charge in [-0.15, -0.1) is 0 Å². The molecule has 0 saturated heterocycles. The number of hydrogen-bond donors (Lipinski definition) is 0. The van der Waals surface area contributed by atoms with Crippen molar-refractivity contribution in [3.8, 4) is 0 Å². The molecule has 0 bridgehead atoms. The molecular weight excluding hydrogens is 358 g/mol. The number of nitrogens with zero attached hydrogens (tertiary/aromatic N) is 1. The maximum atomic E-state index is 8.44. The first-order valence-corrected chi connectivity index (χ1v) is 8.29. The molecule has 0 saturated carbocycles. The fourth-order valence-electron chi connectivity index (χ4n) is 2.68. The minimum atomic E-state index is -0.403. The van der Waals surface area contributed by atoms with Crippen molar-refractivity contribution >= 4 is 43.8 Å². The average Bonchev–Trinajstić information content (AvgIpc) is 2.74. The summed E-state index contributed by atoms with van der Waals surface area (Å²) in [5, 5.41) is 2.02. The van der Waals surface area contributed by atoms with Crippen molar-refractivity contribution in [3.63, 3.8) is 0 Å². The lowest BCUT2D eigenvalue weighted by Gasteiger charge is -2.25. The van der Waals surface area contributed by atoms with Crippen LogP contribution < -0.4 is 4.90 Å². The first-order valence-electron chi connectivity index (χ1n) is 10.00. The zero-order valence-corrected chi connectivity index (χ0v) is 14.3. The quantitative estimate of drug-likeness (QED) is 0.368. The molecule has 116 valence electrons. The predicted molar refractivity (Wildman–Crippen MR) is 106 cm³/mol. The van der Waals surface area contributed by atoms with Gasteiger partial charge >= 0.3 is 0 Å². The van der Waals surface area contributed by atoms with Crippen LogP contribution in [-0.2, 0) is 0 Å². The number of anilines is 3. The molecule has 0 amide bonds. The molecule has 24 heavy (non-hydrogen) atoms. The van der Waals surface area contributed by atoms with Crippen LogP contribution in [0.4, 0.5) is 17.1 Å². The van der Waals surface area contributed by atoms with Gasteiger partial charge in [0.15, 0.2) is 0 Å². The lowest BCUT2D eigenvalue weighted by molar-refractivity contribution is 1.29. The molecule has 0 aliphatic heterocycles. The van der Waals surface area contributed by atoms with Crippen molar-refractivity contribution in [2.45, 2.75) is 0 Å². The van der Waals surface area contributed by atoms with Gasteiger partial charge in [-0.1, -0.05) is 64.4 Å². The van der Waals surface area contributed by atoms with Gasteiger partial charge in [0.1, 0.15) is 0 Å². The van der Waals surface area contributed by atoms with Crippen molar-refractivity contribution in [1.29, 1.82) is 0 Å². The summed E-state index contributed by atoms with van der Waals surface area (Å²) in [7, 11) is 0. The standard InChI is InChI=1S/C22H16BrN/c23-19-13-11-18-16-22(14-12-17(18)15-19)24(20-7-3-1-4-8-20)21-9-5-2-6-10-21/h1-16H/i1D,3D,4D,7D,8D. The number of halogens is 1. The lowest BCUT2D eigenvalue weighted by atomic mass is 10.1. The van der Waals surface area contributed by atoms with Gasteiger partial charge in [-0.05, 0) is 59.3 Å². The summed E-state index contributed by atoms with van der Waals surface area (Å²) in [6.07, 6.45) is 0. The maximum absolute atomic E-state index is 8.44. The summed E-state index contributed by atoms with van der Waals surface area (Å²) in [6, 6.07) is 19.4. The van der Waals surface area contributed by atoms with Crippen molar-refractivity contribution in [3.05, 3.63) is 101 Å². The summed E-state index contributed by atoms with van der Waals surface area (Å²) in [5.74, 6) is 0. The van der Waals surface area contributed by atoms with Gasteiger partial charge in [0.25, 0.3) is 0 Å². The van der Waals surface area contributed by atoms with E-state index in [1.54, 1.807) is 4.90 Å². The van der Waals surface area contributed by atoms with Crippen LogP contribution in [0.1, 0.15) is 6.85 Å². The first-order chi connectivity index (χ1) is 13.9. The largest absolute Gasteiger partial charge is 0.310 e. The summed E-state index contributed by atoms with van der Waals surface area (Å²) < 4.78 is 41.9. The Kier molecular flexibility index (Phi) is 2.79. The minimum absolute atomic E-state index is 0.124. The Morgan fingerprint density at radius 1 is 0.667 bits per heavy atom. The van der Waals surface area contributed by atoms with Gasteiger partial charge in [-0.2, -0.15) is 0 Å². The number of fused-ring (bicyclic) bond motifs is 1. The predicted octanol–water partition coefficient (Wildman–Crippen LogP) is 7.07. The molecule has 0 N–H and O–H groups in total. The zero-order chi connectivity index (χ0) is 20.7. The molecule has 1 nitrogen and oxygen atoms in total. The molecule has 2 heteroatoms. The van der Waals surface area contributed by atoms with Gasteiger partial charge in [-0.3, -0.25) is 0 Å². The van der Waals surface area contributed by atoms with Crippen LogP contribution in [0.2, 0.25) is 0 Å². The van der Waals surface area contributed by atoms with Crippen molar-refractivity contribution in [1.82, 2.24) is 0 Å². The highest BCUT2D eigenvalue weighted by Gasteiger charge is 2.12. The Bertz CT molecular complexity index is 1200. The molecule has 0 atom stereocenters. The number of benzene rings is 4. The molecule has 0 unspecified atom stereocenters. The van der Waals surface area contributed by atoms with Gasteiger partial charge in [0, 0.05) is 21.5 Å². The first kappa shape index (κ1) is 10.3. The van der Waals surface area contributed by atoms with Crippen LogP contribution >= 0.6 is 15.9 Å². The van der Waals surface area contributed by atoms with Crippen LogP contribution in [0.25, 0.3) is 10.8 Å². The van der Waals surface area contributed by atoms with Crippen LogP contribution in [0.15, 0.2) is 101 Å². The molecule has 0 spiro atoms. The van der Waals surface area contributed by atoms with E-state index in [0.717, 1.165) is 15.2 Å². The highest BCUT2D eigenvalue weighted by atomic mass is 79.9. The molecule has 0 heterocycles. The summed E-state index contributed by atoms with van der Waals surface area (Å²) in [5.41, 5.74) is 1.55. The van der Waals surface area contributed by atoms with Gasteiger partial charge in [-0.25, -0.2) is 0 Å². The second-order valence-electron chi connectivity index (χ2n) is 5.32. The van der Waals surface area contributed by atoms with Gasteiger partial charge in [0.05, 0.1) is 6.85 Å². The van der Waals surface area contributed by atoms with E-state index in [-0.39, 0.29) is 29.9 Å². The van der Waals surface area contributed by atoms with E-state index in [1.807, 2.05) is 66.7 Å². The van der Waals surface area contributed by atoms with Gasteiger partial charge < -0.3 is 4.90 Å². The smallest absolute Gasteiger partial charge is 0.0645 e. The SMILES string of the molecule is [2H]c1c([2H])c([2H])c(N(c2ccccc2)c2ccc3cc(Br)ccc3c2)c([2H])c1[2H]. The molecule has 0 aliphatic carbocycles. The molecule has 0 fully saturated rings. The second kappa shape index (κ2) is 6.50. The number of rotatable bonds is 3. The minimum Gasteiger partial charge on any atom is -0.310 e. The molecular formula is C22H16BrN. The molecule has 0 aromatic heterocycles. The van der Waals surface area contributed by atoms with Crippen molar-refractivity contribution in [2.24, 2.45) is 0 Å². The van der Waals surface area contributed by atoms with E-state index in [0.29, 0.717) is 11.4 Å². The van der Waals surface area contributed by atoms with E-state index in [2.05, 4.69) is 15.9 Å². The fourth-order valence-corrected chi connectivity index (χ4v) is 3.06. The van der Waals surface area contributed by atoms with E-state index in [9.17, 15) is 0 Å². The summed E-state index contributed by atoms with van der Waals surface area (Å²) in [6.45, 7) is 0. The Morgan fingerprint density at radius 2 is 1.38 bits per heavy atom. The third-order valence-electron chi connectivity index (χ3n) is 3.77. The summed E-state index contributed by atoms with van der Waals surface area (Å²) >= 11 is 3.48. The monoisotopic (exact) mass is 378 g/mol. The Labute approximate surface area is 157 Å². The normalized spacial score (nSPS) is 13.6. The number of hydrogen-bond acceptors (Lipinski definition) is 1. The van der Waals surface area contributed by atoms with Crippen LogP contribution in [0.3, 0.4) is 0 Å². The average molecular weight is 379 g/mol. The highest BCUT2D eigenvalue weighted by molar-refractivity contribution is 9.10. The summed E-state index contributed by atoms with van der Waals surface area (Å²) in [4.78, 5) is 1.71. The van der Waals surface area contributed by atoms with E-state index < -0.39 is 6.04 Å². The number of para-hydroxylation sites is 2. The van der Waals surface area contributed by atoms with Crippen LogP contribution in [-0.4, -0.2) is 0 Å². The van der Waals surface area contributed by atoms with E-state index in [1.165, 1.54) is 0 Å². The fraction of sp³-hybridized carbons (Fsp3) is 0. The Hall–Kier alpha value is -2.58. The zero-order valence-electron chi connectivity index (χ0n) is 17.7. The third-order valence-corrected chi connectivity index (χ3v) is 4.26. The van der Waals surface area contributed by atoms with Crippen LogP contribution in [0.5, 0.6) is 0 Å². The van der Waals surface area contributed by atoms with Crippen LogP contribution in [0, 0.1) is 0 Å². The third kappa shape index (κ3) is 2.93. The Balaban J connectivity index is 2.02.